The normalized spacial score (nSPS) is 9.23. The van der Waals surface area contributed by atoms with E-state index in [1.807, 2.05) is 0 Å². The fraction of sp³-hybridized carbons (Fsp3) is 0.143. The lowest BCUT2D eigenvalue weighted by atomic mass is 10.7. The molecule has 0 aliphatic heterocycles. The van der Waals surface area contributed by atoms with Gasteiger partial charge in [-0.1, -0.05) is 17.5 Å². The summed E-state index contributed by atoms with van der Waals surface area (Å²) in [4.78, 5) is 19.4. The van der Waals surface area contributed by atoms with Crippen molar-refractivity contribution in [1.82, 2.24) is 10.5 Å². The van der Waals surface area contributed by atoms with Crippen molar-refractivity contribution in [2.24, 2.45) is 0 Å². The molecule has 4 nitrogen and oxygen atoms in total. The molecule has 1 amide bonds. The third-order valence-corrected chi connectivity index (χ3v) is 2.15. The fourth-order valence-electron chi connectivity index (χ4n) is 0.545. The first kappa shape index (κ1) is 9.99. The van der Waals surface area contributed by atoms with Crippen LogP contribution in [0.15, 0.2) is 5.38 Å². The molecular formula is C7H5ClN2O2S. The van der Waals surface area contributed by atoms with Gasteiger partial charge in [-0.15, -0.1) is 17.8 Å². The lowest BCUT2D eigenvalue weighted by Crippen LogP contribution is -2.23. The molecule has 0 fully saturated rings. The number of terminal acetylenes is 1. The predicted molar refractivity (Wildman–Crippen MR) is 49.4 cm³/mol. The molecule has 13 heavy (non-hydrogen) atoms. The Morgan fingerprint density at radius 1 is 1.92 bits per heavy atom. The minimum Gasteiger partial charge on any atom is -0.264 e. The largest absolute Gasteiger partial charge is 0.303 e. The molecule has 0 atom stereocenters. The highest BCUT2D eigenvalue weighted by Gasteiger charge is 2.09. The number of carbonyl (C=O) groups excluding carboxylic acids is 1. The smallest absolute Gasteiger partial charge is 0.264 e. The van der Waals surface area contributed by atoms with Crippen LogP contribution in [0.25, 0.3) is 0 Å². The van der Waals surface area contributed by atoms with Gasteiger partial charge in [0, 0.05) is 5.38 Å². The van der Waals surface area contributed by atoms with Crippen LogP contribution in [0.4, 0.5) is 0 Å². The second-order valence-electron chi connectivity index (χ2n) is 1.90. The fourth-order valence-corrected chi connectivity index (χ4v) is 1.37. The zero-order valence-electron chi connectivity index (χ0n) is 6.41. The van der Waals surface area contributed by atoms with E-state index in [9.17, 15) is 4.79 Å². The summed E-state index contributed by atoms with van der Waals surface area (Å²) in [6.07, 6.45) is 4.90. The average Bonchev–Trinajstić information content (AvgIpc) is 2.52. The molecule has 0 aliphatic rings. The summed E-state index contributed by atoms with van der Waals surface area (Å²) in [6, 6.07) is 0. The highest BCUT2D eigenvalue weighted by molar-refractivity contribution is 7.12. The Hall–Kier alpha value is -1.09. The number of nitrogens with zero attached hydrogens (tertiary/aromatic N) is 1. The molecule has 0 radical (unpaired) electrons. The number of rotatable bonds is 3. The van der Waals surface area contributed by atoms with Crippen molar-refractivity contribution in [2.75, 3.05) is 6.61 Å². The van der Waals surface area contributed by atoms with E-state index in [4.69, 9.17) is 18.0 Å². The van der Waals surface area contributed by atoms with E-state index in [0.717, 1.165) is 11.3 Å². The Labute approximate surface area is 83.8 Å². The molecule has 0 spiro atoms. The Morgan fingerprint density at radius 3 is 3.23 bits per heavy atom. The number of halogens is 1. The number of hydrogen-bond acceptors (Lipinski definition) is 4. The van der Waals surface area contributed by atoms with Gasteiger partial charge in [0.25, 0.3) is 0 Å². The minimum atomic E-state index is -0.452. The molecule has 1 aromatic rings. The van der Waals surface area contributed by atoms with Crippen LogP contribution in [0.2, 0.25) is 5.15 Å². The molecule has 0 unspecified atom stereocenters. The van der Waals surface area contributed by atoms with Crippen molar-refractivity contribution in [3.8, 4) is 12.3 Å². The maximum atomic E-state index is 11.1. The number of carbonyl (C=O) groups is 1. The minimum absolute atomic E-state index is 0.0187. The Morgan fingerprint density at radius 2 is 2.69 bits per heavy atom. The average molecular weight is 217 g/mol. The van der Waals surface area contributed by atoms with E-state index < -0.39 is 5.91 Å². The van der Waals surface area contributed by atoms with Crippen LogP contribution >= 0.6 is 22.9 Å². The Balaban J connectivity index is 2.45. The van der Waals surface area contributed by atoms with Crippen molar-refractivity contribution < 1.29 is 9.63 Å². The lowest BCUT2D eigenvalue weighted by molar-refractivity contribution is 0.0438. The zero-order valence-corrected chi connectivity index (χ0v) is 7.98. The summed E-state index contributed by atoms with van der Waals surface area (Å²) in [7, 11) is 0. The highest BCUT2D eigenvalue weighted by Crippen LogP contribution is 2.13. The van der Waals surface area contributed by atoms with Gasteiger partial charge in [0.15, 0.2) is 5.01 Å². The topological polar surface area (TPSA) is 51.2 Å². The van der Waals surface area contributed by atoms with Crippen molar-refractivity contribution in [3.05, 3.63) is 15.5 Å². The maximum Gasteiger partial charge on any atom is 0.303 e. The van der Waals surface area contributed by atoms with E-state index in [-0.39, 0.29) is 16.8 Å². The van der Waals surface area contributed by atoms with Gasteiger partial charge in [0.05, 0.1) is 0 Å². The summed E-state index contributed by atoms with van der Waals surface area (Å²) >= 11 is 6.64. The lowest BCUT2D eigenvalue weighted by Gasteiger charge is -1.98. The molecule has 0 bridgehead atoms. The zero-order chi connectivity index (χ0) is 9.68. The second-order valence-corrected chi connectivity index (χ2v) is 3.14. The highest BCUT2D eigenvalue weighted by atomic mass is 35.5. The number of hydroxylamine groups is 1. The van der Waals surface area contributed by atoms with E-state index in [2.05, 4.69) is 21.2 Å². The standard InChI is InChI=1S/C7H5ClN2O2S/c1-2-3-12-10-6(11)7-9-5(8)4-13-7/h1,4H,3H2,(H,10,11). The number of amides is 1. The molecule has 1 rings (SSSR count). The van der Waals surface area contributed by atoms with E-state index in [1.54, 1.807) is 5.38 Å². The van der Waals surface area contributed by atoms with Gasteiger partial charge < -0.3 is 0 Å². The van der Waals surface area contributed by atoms with E-state index in [0.29, 0.717) is 0 Å². The first-order valence-corrected chi connectivity index (χ1v) is 4.46. The molecular weight excluding hydrogens is 212 g/mol. The van der Waals surface area contributed by atoms with Gasteiger partial charge in [-0.3, -0.25) is 9.63 Å². The van der Waals surface area contributed by atoms with Crippen LogP contribution in [0.5, 0.6) is 0 Å². The van der Waals surface area contributed by atoms with Crippen LogP contribution in [0.3, 0.4) is 0 Å². The molecule has 0 aromatic carbocycles. The molecule has 1 N–H and O–H groups in total. The van der Waals surface area contributed by atoms with E-state index >= 15 is 0 Å². The van der Waals surface area contributed by atoms with Crippen LogP contribution < -0.4 is 5.48 Å². The second kappa shape index (κ2) is 4.82. The molecule has 0 saturated carbocycles. The third-order valence-electron chi connectivity index (χ3n) is 0.991. The molecule has 6 heteroatoms. The van der Waals surface area contributed by atoms with Crippen molar-refractivity contribution in [1.29, 1.82) is 0 Å². The number of hydrogen-bond donors (Lipinski definition) is 1. The monoisotopic (exact) mass is 216 g/mol. The molecule has 68 valence electrons. The molecule has 0 aliphatic carbocycles. The van der Waals surface area contributed by atoms with Crippen molar-refractivity contribution in [3.63, 3.8) is 0 Å². The summed E-state index contributed by atoms with van der Waals surface area (Å²) in [5, 5.41) is 2.08. The quantitative estimate of drug-likeness (QED) is 0.468. The summed E-state index contributed by atoms with van der Waals surface area (Å²) in [5.41, 5.74) is 2.12. The van der Waals surface area contributed by atoms with Crippen LogP contribution in [-0.4, -0.2) is 17.5 Å². The van der Waals surface area contributed by atoms with Crippen LogP contribution in [0, 0.1) is 12.3 Å². The van der Waals surface area contributed by atoms with Gasteiger partial charge in [-0.2, -0.15) is 0 Å². The number of thiazole rings is 1. The number of aromatic nitrogens is 1. The van der Waals surface area contributed by atoms with Gasteiger partial charge in [-0.25, -0.2) is 10.5 Å². The maximum absolute atomic E-state index is 11.1. The Bertz CT molecular complexity index is 345. The Kier molecular flexibility index (Phi) is 3.71. The van der Waals surface area contributed by atoms with Gasteiger partial charge >= 0.3 is 5.91 Å². The van der Waals surface area contributed by atoms with Crippen LogP contribution in [-0.2, 0) is 4.84 Å². The van der Waals surface area contributed by atoms with Gasteiger partial charge in [-0.05, 0) is 0 Å². The van der Waals surface area contributed by atoms with Crippen LogP contribution in [0.1, 0.15) is 9.80 Å². The summed E-state index contributed by atoms with van der Waals surface area (Å²) in [6.45, 7) is 0.0187. The summed E-state index contributed by atoms with van der Waals surface area (Å²) in [5.74, 6) is 1.75. The van der Waals surface area contributed by atoms with E-state index in [1.165, 1.54) is 0 Å². The first-order chi connectivity index (χ1) is 6.24. The van der Waals surface area contributed by atoms with Gasteiger partial charge in [0.1, 0.15) is 11.8 Å². The molecule has 1 heterocycles. The third kappa shape index (κ3) is 3.03. The number of nitrogens with one attached hydrogen (secondary N) is 1. The SMILES string of the molecule is C#CCONC(=O)c1nc(Cl)cs1. The first-order valence-electron chi connectivity index (χ1n) is 3.20. The van der Waals surface area contributed by atoms with Gasteiger partial charge in [0.2, 0.25) is 0 Å². The molecule has 1 aromatic heterocycles. The summed E-state index contributed by atoms with van der Waals surface area (Å²) < 4.78 is 0. The van der Waals surface area contributed by atoms with Crippen molar-refractivity contribution >= 4 is 28.8 Å². The molecule has 0 saturated heterocycles. The predicted octanol–water partition coefficient (Wildman–Crippen LogP) is 1.09. The van der Waals surface area contributed by atoms with Crippen molar-refractivity contribution in [2.45, 2.75) is 0 Å².